The Bertz CT molecular complexity index is 1180. The summed E-state index contributed by atoms with van der Waals surface area (Å²) in [4.78, 5) is 25.1. The van der Waals surface area contributed by atoms with E-state index in [0.717, 1.165) is 15.8 Å². The molecule has 0 bridgehead atoms. The van der Waals surface area contributed by atoms with Gasteiger partial charge in [-0.25, -0.2) is 9.20 Å². The SMILES string of the molecule is C[C@H](CNC(=O)Cn1ncn2nc(-c3ccccc3)cc2c1=O)c1ccccc1. The number of hydrogen-bond acceptors (Lipinski definition) is 4. The predicted molar refractivity (Wildman–Crippen MR) is 111 cm³/mol. The second kappa shape index (κ2) is 8.10. The molecule has 1 amide bonds. The smallest absolute Gasteiger partial charge is 0.293 e. The van der Waals surface area contributed by atoms with Crippen molar-refractivity contribution in [3.8, 4) is 11.3 Å². The lowest BCUT2D eigenvalue weighted by molar-refractivity contribution is -0.121. The summed E-state index contributed by atoms with van der Waals surface area (Å²) in [6.45, 7) is 2.40. The fraction of sp³-hybridized carbons (Fsp3) is 0.182. The second-order valence-electron chi connectivity index (χ2n) is 6.93. The van der Waals surface area contributed by atoms with Crippen LogP contribution in [0.5, 0.6) is 0 Å². The summed E-state index contributed by atoms with van der Waals surface area (Å²) < 4.78 is 2.60. The molecule has 1 atom stereocenters. The van der Waals surface area contributed by atoms with Crippen molar-refractivity contribution in [3.05, 3.63) is 89.0 Å². The number of benzene rings is 2. The van der Waals surface area contributed by atoms with Crippen LogP contribution in [0.3, 0.4) is 0 Å². The normalized spacial score (nSPS) is 12.0. The lowest BCUT2D eigenvalue weighted by atomic mass is 10.0. The number of nitrogens with one attached hydrogen (secondary N) is 1. The average molecular weight is 387 g/mol. The number of carbonyl (C=O) groups is 1. The zero-order valence-corrected chi connectivity index (χ0v) is 16.0. The van der Waals surface area contributed by atoms with Crippen molar-refractivity contribution in [1.82, 2.24) is 24.7 Å². The second-order valence-corrected chi connectivity index (χ2v) is 6.93. The molecule has 2 heterocycles. The Morgan fingerprint density at radius 2 is 1.76 bits per heavy atom. The number of hydrogen-bond donors (Lipinski definition) is 1. The van der Waals surface area contributed by atoms with Crippen molar-refractivity contribution < 1.29 is 4.79 Å². The van der Waals surface area contributed by atoms with Crippen LogP contribution in [0.4, 0.5) is 0 Å². The van der Waals surface area contributed by atoms with Gasteiger partial charge in [-0.2, -0.15) is 10.2 Å². The Morgan fingerprint density at radius 1 is 1.07 bits per heavy atom. The lowest BCUT2D eigenvalue weighted by Gasteiger charge is -2.13. The third-order valence-electron chi connectivity index (χ3n) is 4.83. The standard InChI is InChI=1S/C22H21N5O2/c1-16(17-8-4-2-5-9-17)13-23-21(28)14-26-22(29)20-12-19(25-27(20)15-24-26)18-10-6-3-7-11-18/h2-12,15-16H,13-14H2,1H3,(H,23,28)/t16-/m1/s1. The molecule has 1 N–H and O–H groups in total. The van der Waals surface area contributed by atoms with Crippen LogP contribution >= 0.6 is 0 Å². The van der Waals surface area contributed by atoms with Gasteiger partial charge in [0.15, 0.2) is 0 Å². The van der Waals surface area contributed by atoms with Crippen LogP contribution in [-0.2, 0) is 11.3 Å². The molecule has 146 valence electrons. The van der Waals surface area contributed by atoms with E-state index in [9.17, 15) is 9.59 Å². The molecule has 0 aliphatic carbocycles. The Balaban J connectivity index is 1.47. The van der Waals surface area contributed by atoms with Gasteiger partial charge in [-0.15, -0.1) is 0 Å². The largest absolute Gasteiger partial charge is 0.354 e. The number of fused-ring (bicyclic) bond motifs is 1. The number of carbonyl (C=O) groups excluding carboxylic acids is 1. The van der Waals surface area contributed by atoms with Gasteiger partial charge in [0.05, 0.1) is 5.69 Å². The van der Waals surface area contributed by atoms with Crippen LogP contribution in [0.15, 0.2) is 77.9 Å². The zero-order valence-electron chi connectivity index (χ0n) is 16.0. The molecule has 0 spiro atoms. The van der Waals surface area contributed by atoms with E-state index >= 15 is 0 Å². The molecule has 0 radical (unpaired) electrons. The minimum absolute atomic E-state index is 0.136. The monoisotopic (exact) mass is 387 g/mol. The van der Waals surface area contributed by atoms with Crippen LogP contribution < -0.4 is 10.9 Å². The van der Waals surface area contributed by atoms with Gasteiger partial charge in [0.25, 0.3) is 5.56 Å². The third-order valence-corrected chi connectivity index (χ3v) is 4.83. The summed E-state index contributed by atoms with van der Waals surface area (Å²) in [5.74, 6) is -0.0786. The third kappa shape index (κ3) is 4.08. The van der Waals surface area contributed by atoms with Crippen molar-refractivity contribution in [2.75, 3.05) is 6.54 Å². The molecule has 2 aromatic heterocycles. The highest BCUT2D eigenvalue weighted by Crippen LogP contribution is 2.17. The highest BCUT2D eigenvalue weighted by Gasteiger charge is 2.13. The Kier molecular flexibility index (Phi) is 5.20. The summed E-state index contributed by atoms with van der Waals surface area (Å²) in [5, 5.41) is 11.4. The van der Waals surface area contributed by atoms with Crippen molar-refractivity contribution in [2.45, 2.75) is 19.4 Å². The van der Waals surface area contributed by atoms with E-state index in [-0.39, 0.29) is 23.9 Å². The van der Waals surface area contributed by atoms with Gasteiger partial charge in [0.1, 0.15) is 18.4 Å². The van der Waals surface area contributed by atoms with Gasteiger partial charge in [-0.3, -0.25) is 9.59 Å². The van der Waals surface area contributed by atoms with E-state index in [4.69, 9.17) is 0 Å². The van der Waals surface area contributed by atoms with E-state index in [2.05, 4.69) is 15.5 Å². The highest BCUT2D eigenvalue weighted by atomic mass is 16.2. The van der Waals surface area contributed by atoms with Gasteiger partial charge >= 0.3 is 0 Å². The first kappa shape index (κ1) is 18.6. The molecule has 4 rings (SSSR count). The highest BCUT2D eigenvalue weighted by molar-refractivity contribution is 5.75. The molecule has 29 heavy (non-hydrogen) atoms. The van der Waals surface area contributed by atoms with Crippen molar-refractivity contribution in [3.63, 3.8) is 0 Å². The number of nitrogens with zero attached hydrogens (tertiary/aromatic N) is 4. The van der Waals surface area contributed by atoms with E-state index in [1.54, 1.807) is 6.07 Å². The van der Waals surface area contributed by atoms with Crippen LogP contribution in [0.1, 0.15) is 18.4 Å². The molecule has 4 aromatic rings. The van der Waals surface area contributed by atoms with E-state index in [0.29, 0.717) is 17.8 Å². The molecule has 0 saturated heterocycles. The first-order chi connectivity index (χ1) is 14.1. The molecular formula is C22H21N5O2. The Labute approximate surface area is 167 Å². The van der Waals surface area contributed by atoms with Crippen LogP contribution in [0.25, 0.3) is 16.8 Å². The van der Waals surface area contributed by atoms with Gasteiger partial charge in [-0.1, -0.05) is 67.6 Å². The first-order valence-electron chi connectivity index (χ1n) is 9.44. The minimum atomic E-state index is -0.353. The van der Waals surface area contributed by atoms with Crippen LogP contribution in [0, 0.1) is 0 Å². The summed E-state index contributed by atoms with van der Waals surface area (Å²) in [6, 6.07) is 21.3. The van der Waals surface area contributed by atoms with Gasteiger partial charge in [0.2, 0.25) is 5.91 Å². The Hall–Kier alpha value is -3.74. The summed E-state index contributed by atoms with van der Waals surface area (Å²) >= 11 is 0. The Morgan fingerprint density at radius 3 is 2.48 bits per heavy atom. The fourth-order valence-electron chi connectivity index (χ4n) is 3.16. The summed E-state index contributed by atoms with van der Waals surface area (Å²) in [6.07, 6.45) is 1.45. The molecule has 2 aromatic carbocycles. The van der Waals surface area contributed by atoms with Crippen LogP contribution in [0.2, 0.25) is 0 Å². The maximum atomic E-state index is 12.7. The van der Waals surface area contributed by atoms with E-state index < -0.39 is 0 Å². The van der Waals surface area contributed by atoms with Crippen LogP contribution in [-0.4, -0.2) is 31.8 Å². The van der Waals surface area contributed by atoms with Crippen molar-refractivity contribution in [1.29, 1.82) is 0 Å². The lowest BCUT2D eigenvalue weighted by Crippen LogP contribution is -2.35. The molecule has 0 saturated carbocycles. The number of rotatable bonds is 6. The van der Waals surface area contributed by atoms with Gasteiger partial charge in [0, 0.05) is 12.1 Å². The van der Waals surface area contributed by atoms with Crippen molar-refractivity contribution in [2.24, 2.45) is 0 Å². The van der Waals surface area contributed by atoms with Gasteiger partial charge < -0.3 is 5.32 Å². The first-order valence-corrected chi connectivity index (χ1v) is 9.44. The number of amides is 1. The minimum Gasteiger partial charge on any atom is -0.354 e. The molecule has 0 unspecified atom stereocenters. The summed E-state index contributed by atoms with van der Waals surface area (Å²) in [7, 11) is 0. The predicted octanol–water partition coefficient (Wildman–Crippen LogP) is 2.48. The maximum Gasteiger partial charge on any atom is 0.293 e. The summed E-state index contributed by atoms with van der Waals surface area (Å²) in [5.41, 5.74) is 2.77. The van der Waals surface area contributed by atoms with E-state index in [1.807, 2.05) is 67.6 Å². The molecule has 7 nitrogen and oxygen atoms in total. The average Bonchev–Trinajstić information content (AvgIpc) is 3.20. The fourth-order valence-corrected chi connectivity index (χ4v) is 3.16. The van der Waals surface area contributed by atoms with Crippen molar-refractivity contribution >= 4 is 11.4 Å². The molecule has 7 heteroatoms. The van der Waals surface area contributed by atoms with E-state index in [1.165, 1.54) is 10.8 Å². The quantitative estimate of drug-likeness (QED) is 0.551. The maximum absolute atomic E-state index is 12.7. The topological polar surface area (TPSA) is 81.3 Å². The number of aromatic nitrogens is 4. The molecule has 0 fully saturated rings. The zero-order chi connectivity index (χ0) is 20.2. The molecular weight excluding hydrogens is 366 g/mol. The van der Waals surface area contributed by atoms with Gasteiger partial charge in [-0.05, 0) is 17.5 Å². The molecule has 0 aliphatic rings. The molecule has 0 aliphatic heterocycles.